The molecule has 5 aromatic rings. The van der Waals surface area contributed by atoms with Crippen molar-refractivity contribution < 1.29 is 0 Å². The van der Waals surface area contributed by atoms with Gasteiger partial charge in [0.15, 0.2) is 0 Å². The van der Waals surface area contributed by atoms with Crippen molar-refractivity contribution in [1.29, 1.82) is 0 Å². The molecule has 5 rings (SSSR count). The molecule has 180 valence electrons. The Morgan fingerprint density at radius 3 is 1.14 bits per heavy atom. The predicted octanol–water partition coefficient (Wildman–Crippen LogP) is 10.7. The first kappa shape index (κ1) is 24.4. The van der Waals surface area contributed by atoms with Crippen molar-refractivity contribution in [3.05, 3.63) is 156 Å². The van der Waals surface area contributed by atoms with Gasteiger partial charge in [0.2, 0.25) is 0 Å². The third kappa shape index (κ3) is 5.42. The molecule has 5 aromatic carbocycles. The number of para-hydroxylation sites is 2. The van der Waals surface area contributed by atoms with Crippen molar-refractivity contribution in [1.82, 2.24) is 0 Å². The number of rotatable bonds is 8. The molecule has 3 heteroatoms. The molecular weight excluding hydrogens is 516 g/mol. The third-order valence-corrected chi connectivity index (χ3v) is 6.64. The van der Waals surface area contributed by atoms with E-state index in [0.717, 1.165) is 49.7 Å². The largest absolute Gasteiger partial charge is 0.310 e. The van der Waals surface area contributed by atoms with E-state index in [2.05, 4.69) is 154 Å². The minimum absolute atomic E-state index is 0.993. The Hall–Kier alpha value is -4.34. The van der Waals surface area contributed by atoms with E-state index in [1.807, 2.05) is 24.3 Å². The van der Waals surface area contributed by atoms with Crippen molar-refractivity contribution in [3.63, 3.8) is 0 Å². The van der Waals surface area contributed by atoms with E-state index < -0.39 is 0 Å². The summed E-state index contributed by atoms with van der Waals surface area (Å²) in [7, 11) is 0. The molecular formula is C34H27BrN2. The standard InChI is InChI=1S/C34H27BrN2/c1-3-26-15-19-31(20-16-26)36(29-11-7-5-8-12-29)33-23-28(35)24-34(25-33)37(30-13-9-6-10-14-30)32-21-17-27(4-2)18-22-32/h3-25H,1-2H2. The molecule has 0 heterocycles. The maximum Gasteiger partial charge on any atom is 0.0493 e. The molecule has 0 atom stereocenters. The lowest BCUT2D eigenvalue weighted by Crippen LogP contribution is -2.13. The lowest BCUT2D eigenvalue weighted by molar-refractivity contribution is 1.24. The van der Waals surface area contributed by atoms with Crippen molar-refractivity contribution in [2.75, 3.05) is 9.80 Å². The zero-order valence-corrected chi connectivity index (χ0v) is 22.1. The summed E-state index contributed by atoms with van der Waals surface area (Å²) in [6.45, 7) is 7.80. The van der Waals surface area contributed by atoms with Crippen LogP contribution in [0.2, 0.25) is 0 Å². The minimum Gasteiger partial charge on any atom is -0.310 e. The fraction of sp³-hybridized carbons (Fsp3) is 0. The smallest absolute Gasteiger partial charge is 0.0493 e. The van der Waals surface area contributed by atoms with Gasteiger partial charge in [-0.05, 0) is 77.9 Å². The van der Waals surface area contributed by atoms with E-state index in [9.17, 15) is 0 Å². The number of benzene rings is 5. The van der Waals surface area contributed by atoms with E-state index in [4.69, 9.17) is 0 Å². The van der Waals surface area contributed by atoms with E-state index in [0.29, 0.717) is 0 Å². The highest BCUT2D eigenvalue weighted by molar-refractivity contribution is 9.10. The Labute approximate surface area is 227 Å². The Bertz CT molecular complexity index is 1380. The predicted molar refractivity (Wildman–Crippen MR) is 164 cm³/mol. The highest BCUT2D eigenvalue weighted by atomic mass is 79.9. The van der Waals surface area contributed by atoms with Gasteiger partial charge in [-0.25, -0.2) is 0 Å². The number of hydrogen-bond acceptors (Lipinski definition) is 2. The first-order valence-corrected chi connectivity index (χ1v) is 12.9. The zero-order valence-electron chi connectivity index (χ0n) is 20.5. The monoisotopic (exact) mass is 542 g/mol. The van der Waals surface area contributed by atoms with E-state index in [-0.39, 0.29) is 0 Å². The van der Waals surface area contributed by atoms with Crippen molar-refractivity contribution >= 4 is 62.2 Å². The molecule has 37 heavy (non-hydrogen) atoms. The molecule has 0 N–H and O–H groups in total. The highest BCUT2D eigenvalue weighted by Gasteiger charge is 2.18. The minimum atomic E-state index is 0.993. The molecule has 0 aliphatic rings. The topological polar surface area (TPSA) is 6.48 Å². The van der Waals surface area contributed by atoms with Gasteiger partial charge in [0.25, 0.3) is 0 Å². The van der Waals surface area contributed by atoms with Crippen LogP contribution in [0.5, 0.6) is 0 Å². The van der Waals surface area contributed by atoms with Gasteiger partial charge in [0.05, 0.1) is 0 Å². The summed E-state index contributed by atoms with van der Waals surface area (Å²) in [5.41, 5.74) is 8.58. The second kappa shape index (κ2) is 11.2. The van der Waals surface area contributed by atoms with Gasteiger partial charge in [-0.1, -0.05) is 102 Å². The van der Waals surface area contributed by atoms with Crippen LogP contribution in [-0.4, -0.2) is 0 Å². The number of nitrogens with zero attached hydrogens (tertiary/aromatic N) is 2. The lowest BCUT2D eigenvalue weighted by atomic mass is 10.1. The van der Waals surface area contributed by atoms with Gasteiger partial charge < -0.3 is 9.80 Å². The molecule has 0 saturated heterocycles. The first-order valence-electron chi connectivity index (χ1n) is 12.1. The third-order valence-electron chi connectivity index (χ3n) is 6.19. The van der Waals surface area contributed by atoms with Crippen LogP contribution in [0.3, 0.4) is 0 Å². The quantitative estimate of drug-likeness (QED) is 0.192. The van der Waals surface area contributed by atoms with E-state index in [1.165, 1.54) is 0 Å². The van der Waals surface area contributed by atoms with Crippen molar-refractivity contribution in [2.24, 2.45) is 0 Å². The SMILES string of the molecule is C=Cc1ccc(N(c2ccccc2)c2cc(Br)cc(N(c3ccccc3)c3ccc(C=C)cc3)c2)cc1. The first-order chi connectivity index (χ1) is 18.2. The van der Waals surface area contributed by atoms with Crippen LogP contribution in [0, 0.1) is 0 Å². The number of halogens is 1. The van der Waals surface area contributed by atoms with Gasteiger partial charge in [0.1, 0.15) is 0 Å². The summed E-state index contributed by atoms with van der Waals surface area (Å²) in [5.74, 6) is 0. The second-order valence-electron chi connectivity index (χ2n) is 8.60. The van der Waals surface area contributed by atoms with Gasteiger partial charge in [-0.2, -0.15) is 0 Å². The molecule has 0 amide bonds. The Morgan fingerprint density at radius 1 is 0.432 bits per heavy atom. The number of hydrogen-bond donors (Lipinski definition) is 0. The van der Waals surface area contributed by atoms with E-state index in [1.54, 1.807) is 0 Å². The highest BCUT2D eigenvalue weighted by Crippen LogP contribution is 2.42. The molecule has 0 aromatic heterocycles. The summed E-state index contributed by atoms with van der Waals surface area (Å²) in [6, 6.07) is 44.3. The fourth-order valence-corrected chi connectivity index (χ4v) is 4.85. The van der Waals surface area contributed by atoms with Crippen LogP contribution >= 0.6 is 15.9 Å². The van der Waals surface area contributed by atoms with Gasteiger partial charge in [0, 0.05) is 38.6 Å². The van der Waals surface area contributed by atoms with Gasteiger partial charge in [-0.3, -0.25) is 0 Å². The normalized spacial score (nSPS) is 10.5. The number of anilines is 6. The van der Waals surface area contributed by atoms with Crippen LogP contribution in [0.1, 0.15) is 11.1 Å². The van der Waals surface area contributed by atoms with Crippen LogP contribution < -0.4 is 9.80 Å². The molecule has 0 bridgehead atoms. The molecule has 0 unspecified atom stereocenters. The van der Waals surface area contributed by atoms with Crippen LogP contribution in [0.4, 0.5) is 34.1 Å². The molecule has 0 aliphatic heterocycles. The lowest BCUT2D eigenvalue weighted by Gasteiger charge is -2.30. The second-order valence-corrected chi connectivity index (χ2v) is 9.52. The van der Waals surface area contributed by atoms with Gasteiger partial charge >= 0.3 is 0 Å². The van der Waals surface area contributed by atoms with Crippen LogP contribution in [0.15, 0.2) is 145 Å². The fourth-order valence-electron chi connectivity index (χ4n) is 4.38. The summed E-state index contributed by atoms with van der Waals surface area (Å²) in [4.78, 5) is 4.54. The van der Waals surface area contributed by atoms with Crippen LogP contribution in [0.25, 0.3) is 12.2 Å². The Balaban J connectivity index is 1.68. The summed E-state index contributed by atoms with van der Waals surface area (Å²) in [6.07, 6.45) is 3.73. The summed E-state index contributed by atoms with van der Waals surface area (Å²) < 4.78 is 0.993. The zero-order chi connectivity index (χ0) is 25.6. The average molecular weight is 544 g/mol. The van der Waals surface area contributed by atoms with Crippen molar-refractivity contribution in [3.8, 4) is 0 Å². The van der Waals surface area contributed by atoms with E-state index >= 15 is 0 Å². The van der Waals surface area contributed by atoms with Gasteiger partial charge in [-0.15, -0.1) is 0 Å². The molecule has 0 saturated carbocycles. The molecule has 0 aliphatic carbocycles. The average Bonchev–Trinajstić information content (AvgIpc) is 2.95. The molecule has 0 fully saturated rings. The maximum absolute atomic E-state index is 3.90. The van der Waals surface area contributed by atoms with Crippen LogP contribution in [-0.2, 0) is 0 Å². The van der Waals surface area contributed by atoms with Crippen molar-refractivity contribution in [2.45, 2.75) is 0 Å². The Morgan fingerprint density at radius 2 is 0.784 bits per heavy atom. The maximum atomic E-state index is 3.90. The summed E-state index contributed by atoms with van der Waals surface area (Å²) in [5, 5.41) is 0. The summed E-state index contributed by atoms with van der Waals surface area (Å²) >= 11 is 3.81. The molecule has 0 radical (unpaired) electrons. The molecule has 0 spiro atoms. The Kier molecular flexibility index (Phi) is 7.34. The molecule has 2 nitrogen and oxygen atoms in total.